The Bertz CT molecular complexity index is 937. The van der Waals surface area contributed by atoms with Crippen molar-refractivity contribution in [3.8, 4) is 5.75 Å². The minimum absolute atomic E-state index is 0.0339. The summed E-state index contributed by atoms with van der Waals surface area (Å²) in [6, 6.07) is 13.4. The molecule has 4 rings (SSSR count). The summed E-state index contributed by atoms with van der Waals surface area (Å²) in [5.74, 6) is 0.717. The summed E-state index contributed by atoms with van der Waals surface area (Å²) >= 11 is 3.40. The second-order valence-corrected chi connectivity index (χ2v) is 7.81. The van der Waals surface area contributed by atoms with Crippen LogP contribution in [0.25, 0.3) is 0 Å². The van der Waals surface area contributed by atoms with Gasteiger partial charge in [0.1, 0.15) is 5.75 Å². The largest absolute Gasteiger partial charge is 0.471 e. The maximum absolute atomic E-state index is 12.8. The third kappa shape index (κ3) is 5.21. The Balaban J connectivity index is 1.27. The van der Waals surface area contributed by atoms with Crippen molar-refractivity contribution in [1.29, 1.82) is 0 Å². The third-order valence-electron chi connectivity index (χ3n) is 4.83. The van der Waals surface area contributed by atoms with Crippen LogP contribution in [0.1, 0.15) is 16.1 Å². The van der Waals surface area contributed by atoms with E-state index in [1.54, 1.807) is 23.1 Å². The van der Waals surface area contributed by atoms with E-state index in [-0.39, 0.29) is 12.6 Å². The van der Waals surface area contributed by atoms with Gasteiger partial charge < -0.3 is 9.64 Å². The molecule has 29 heavy (non-hydrogen) atoms. The van der Waals surface area contributed by atoms with Gasteiger partial charge in [0.05, 0.1) is 0 Å². The molecule has 8 heteroatoms. The average Bonchev–Trinajstić information content (AvgIpc) is 3.23. The number of pyridine rings is 1. The summed E-state index contributed by atoms with van der Waals surface area (Å²) in [7, 11) is 0. The van der Waals surface area contributed by atoms with Crippen LogP contribution in [0, 0.1) is 0 Å². The van der Waals surface area contributed by atoms with Gasteiger partial charge in [-0.15, -0.1) is 0 Å². The molecule has 0 aliphatic carbocycles. The quantitative estimate of drug-likeness (QED) is 0.571. The van der Waals surface area contributed by atoms with E-state index in [1.807, 2.05) is 41.4 Å². The van der Waals surface area contributed by atoms with Gasteiger partial charge >= 0.3 is 0 Å². The number of piperazine rings is 1. The fourth-order valence-corrected chi connectivity index (χ4v) is 3.50. The molecule has 1 fully saturated rings. The zero-order valence-corrected chi connectivity index (χ0v) is 17.5. The van der Waals surface area contributed by atoms with Crippen molar-refractivity contribution < 1.29 is 9.53 Å². The second kappa shape index (κ2) is 9.19. The number of rotatable bonds is 6. The number of hydrogen-bond donors (Lipinski definition) is 0. The van der Waals surface area contributed by atoms with Crippen LogP contribution in [0.3, 0.4) is 0 Å². The maximum Gasteiger partial charge on any atom is 0.274 e. The molecule has 0 unspecified atom stereocenters. The van der Waals surface area contributed by atoms with E-state index in [2.05, 4.69) is 37.0 Å². The standard InChI is InChI=1S/C21H22BrN5O2/c22-18-3-5-19(6-4-18)29-16-27-9-7-20(24-27)21(28)26-12-10-25(11-13-26)15-17-2-1-8-23-14-17/h1-9,14H,10-13,15-16H2. The van der Waals surface area contributed by atoms with Crippen LogP contribution in [-0.4, -0.2) is 56.7 Å². The second-order valence-electron chi connectivity index (χ2n) is 6.90. The predicted octanol–water partition coefficient (Wildman–Crippen LogP) is 3.04. The summed E-state index contributed by atoms with van der Waals surface area (Å²) in [6.45, 7) is 4.19. The molecule has 3 heterocycles. The zero-order chi connectivity index (χ0) is 20.1. The first-order chi connectivity index (χ1) is 14.2. The molecule has 0 N–H and O–H groups in total. The number of hydrogen-bond acceptors (Lipinski definition) is 5. The fourth-order valence-electron chi connectivity index (χ4n) is 3.24. The van der Waals surface area contributed by atoms with Gasteiger partial charge in [-0.3, -0.25) is 14.7 Å². The molecule has 1 aliphatic rings. The number of halogens is 1. The molecule has 3 aromatic rings. The number of carbonyl (C=O) groups excluding carboxylic acids is 1. The van der Waals surface area contributed by atoms with Gasteiger partial charge in [-0.1, -0.05) is 22.0 Å². The van der Waals surface area contributed by atoms with Gasteiger partial charge in [0.15, 0.2) is 12.4 Å². The highest BCUT2D eigenvalue weighted by molar-refractivity contribution is 9.10. The van der Waals surface area contributed by atoms with Crippen molar-refractivity contribution in [2.45, 2.75) is 13.3 Å². The van der Waals surface area contributed by atoms with E-state index in [4.69, 9.17) is 4.74 Å². The average molecular weight is 456 g/mol. The lowest BCUT2D eigenvalue weighted by Crippen LogP contribution is -2.48. The molecular formula is C21H22BrN5O2. The van der Waals surface area contributed by atoms with E-state index < -0.39 is 0 Å². The van der Waals surface area contributed by atoms with Gasteiger partial charge in [-0.05, 0) is 42.0 Å². The van der Waals surface area contributed by atoms with Crippen molar-refractivity contribution in [3.05, 3.63) is 76.8 Å². The molecule has 0 radical (unpaired) electrons. The molecule has 0 spiro atoms. The van der Waals surface area contributed by atoms with E-state index in [0.29, 0.717) is 18.8 Å². The molecule has 1 aliphatic heterocycles. The van der Waals surface area contributed by atoms with Crippen LogP contribution in [0.5, 0.6) is 5.75 Å². The van der Waals surface area contributed by atoms with Crippen molar-refractivity contribution in [1.82, 2.24) is 24.6 Å². The molecule has 2 aromatic heterocycles. The third-order valence-corrected chi connectivity index (χ3v) is 5.35. The summed E-state index contributed by atoms with van der Waals surface area (Å²) in [5.41, 5.74) is 1.64. The van der Waals surface area contributed by atoms with Gasteiger partial charge in [0.25, 0.3) is 5.91 Å². The van der Waals surface area contributed by atoms with Crippen LogP contribution in [-0.2, 0) is 13.3 Å². The number of carbonyl (C=O) groups is 1. The van der Waals surface area contributed by atoms with Crippen LogP contribution in [0.2, 0.25) is 0 Å². The molecule has 150 valence electrons. The lowest BCUT2D eigenvalue weighted by Gasteiger charge is -2.34. The summed E-state index contributed by atoms with van der Waals surface area (Å²) in [5, 5.41) is 4.37. The number of benzene rings is 1. The maximum atomic E-state index is 12.8. The minimum Gasteiger partial charge on any atom is -0.471 e. The molecular weight excluding hydrogens is 434 g/mol. The van der Waals surface area contributed by atoms with Crippen molar-refractivity contribution in [3.63, 3.8) is 0 Å². The SMILES string of the molecule is O=C(c1ccn(COc2ccc(Br)cc2)n1)N1CCN(Cc2cccnc2)CC1. The monoisotopic (exact) mass is 455 g/mol. The fraction of sp³-hybridized carbons (Fsp3) is 0.286. The van der Waals surface area contributed by atoms with Gasteiger partial charge in [0, 0.05) is 55.8 Å². The number of amides is 1. The van der Waals surface area contributed by atoms with E-state index >= 15 is 0 Å². The Morgan fingerprint density at radius 2 is 1.86 bits per heavy atom. The highest BCUT2D eigenvalue weighted by Crippen LogP contribution is 2.16. The Morgan fingerprint density at radius 1 is 1.07 bits per heavy atom. The first-order valence-electron chi connectivity index (χ1n) is 9.50. The first-order valence-corrected chi connectivity index (χ1v) is 10.3. The smallest absolute Gasteiger partial charge is 0.274 e. The normalized spacial score (nSPS) is 14.7. The van der Waals surface area contributed by atoms with Gasteiger partial charge in [0.2, 0.25) is 0 Å². The number of aromatic nitrogens is 3. The molecule has 0 saturated carbocycles. The number of ether oxygens (including phenoxy) is 1. The highest BCUT2D eigenvalue weighted by atomic mass is 79.9. The Kier molecular flexibility index (Phi) is 6.21. The summed E-state index contributed by atoms with van der Waals surface area (Å²) < 4.78 is 8.33. The Labute approximate surface area is 178 Å². The minimum atomic E-state index is -0.0339. The summed E-state index contributed by atoms with van der Waals surface area (Å²) in [6.07, 6.45) is 5.44. The van der Waals surface area contributed by atoms with Crippen LogP contribution < -0.4 is 4.74 Å². The molecule has 1 amide bonds. The lowest BCUT2D eigenvalue weighted by atomic mass is 10.2. The molecule has 0 bridgehead atoms. The van der Waals surface area contributed by atoms with Crippen molar-refractivity contribution >= 4 is 21.8 Å². The molecule has 1 saturated heterocycles. The van der Waals surface area contributed by atoms with E-state index in [9.17, 15) is 4.79 Å². The zero-order valence-electron chi connectivity index (χ0n) is 15.9. The van der Waals surface area contributed by atoms with Crippen molar-refractivity contribution in [2.24, 2.45) is 0 Å². The summed E-state index contributed by atoms with van der Waals surface area (Å²) in [4.78, 5) is 21.1. The molecule has 7 nitrogen and oxygen atoms in total. The number of nitrogens with zero attached hydrogens (tertiary/aromatic N) is 5. The first kappa shape index (κ1) is 19.6. The van der Waals surface area contributed by atoms with Gasteiger partial charge in [-0.2, -0.15) is 5.10 Å². The topological polar surface area (TPSA) is 63.5 Å². The van der Waals surface area contributed by atoms with Crippen LogP contribution >= 0.6 is 15.9 Å². The Hall–Kier alpha value is -2.71. The predicted molar refractivity (Wildman–Crippen MR) is 112 cm³/mol. The van der Waals surface area contributed by atoms with Crippen LogP contribution in [0.4, 0.5) is 0 Å². The van der Waals surface area contributed by atoms with Crippen molar-refractivity contribution in [2.75, 3.05) is 26.2 Å². The van der Waals surface area contributed by atoms with Gasteiger partial charge in [-0.25, -0.2) is 4.68 Å². The van der Waals surface area contributed by atoms with Crippen LogP contribution in [0.15, 0.2) is 65.5 Å². The Morgan fingerprint density at radius 3 is 2.59 bits per heavy atom. The highest BCUT2D eigenvalue weighted by Gasteiger charge is 2.23. The molecule has 0 atom stereocenters. The van der Waals surface area contributed by atoms with E-state index in [1.165, 1.54) is 5.56 Å². The molecule has 1 aromatic carbocycles. The lowest BCUT2D eigenvalue weighted by molar-refractivity contribution is 0.0620. The van der Waals surface area contributed by atoms with E-state index in [0.717, 1.165) is 29.9 Å².